The Hall–Kier alpha value is -2.06. The van der Waals surface area contributed by atoms with Crippen molar-refractivity contribution >= 4 is 46.3 Å². The predicted octanol–water partition coefficient (Wildman–Crippen LogP) is 2.77. The molecule has 128 valence electrons. The highest BCUT2D eigenvalue weighted by molar-refractivity contribution is 8.26. The Morgan fingerprint density at radius 2 is 2.17 bits per heavy atom. The fraction of sp³-hybridized carbons (Fsp3) is 0.312. The minimum atomic E-state index is -1.10. The van der Waals surface area contributed by atoms with Crippen molar-refractivity contribution in [1.82, 2.24) is 4.90 Å². The molecule has 8 heteroatoms. The third-order valence-electron chi connectivity index (χ3n) is 3.35. The quantitative estimate of drug-likeness (QED) is 0.612. The van der Waals surface area contributed by atoms with E-state index in [4.69, 9.17) is 26.8 Å². The molecular formula is C16H17NO5S2. The van der Waals surface area contributed by atoms with Gasteiger partial charge < -0.3 is 14.6 Å². The molecule has 24 heavy (non-hydrogen) atoms. The third-order valence-corrected chi connectivity index (χ3v) is 4.68. The molecule has 1 saturated heterocycles. The molecule has 0 spiro atoms. The van der Waals surface area contributed by atoms with Crippen molar-refractivity contribution in [1.29, 1.82) is 0 Å². The van der Waals surface area contributed by atoms with Crippen molar-refractivity contribution in [3.8, 4) is 11.5 Å². The summed E-state index contributed by atoms with van der Waals surface area (Å²) in [6.07, 6.45) is 1.66. The lowest BCUT2D eigenvalue weighted by Crippen LogP contribution is -2.41. The lowest BCUT2D eigenvalue weighted by atomic mass is 10.1. The maximum Gasteiger partial charge on any atom is 0.326 e. The van der Waals surface area contributed by atoms with Crippen molar-refractivity contribution < 1.29 is 24.2 Å². The molecule has 1 aliphatic heterocycles. The van der Waals surface area contributed by atoms with Gasteiger partial charge in [-0.1, -0.05) is 30.0 Å². The summed E-state index contributed by atoms with van der Waals surface area (Å²) in [6.45, 7) is 3.82. The van der Waals surface area contributed by atoms with Gasteiger partial charge in [-0.15, -0.1) is 0 Å². The summed E-state index contributed by atoms with van der Waals surface area (Å²) in [4.78, 5) is 25.0. The molecule has 2 rings (SSSR count). The molecular weight excluding hydrogens is 350 g/mol. The van der Waals surface area contributed by atoms with Gasteiger partial charge >= 0.3 is 5.97 Å². The van der Waals surface area contributed by atoms with Crippen molar-refractivity contribution in [2.75, 3.05) is 13.7 Å². The topological polar surface area (TPSA) is 76.1 Å². The first-order valence-corrected chi connectivity index (χ1v) is 8.42. The molecule has 1 atom stereocenters. The van der Waals surface area contributed by atoms with Crippen LogP contribution in [0.1, 0.15) is 19.4 Å². The summed E-state index contributed by atoms with van der Waals surface area (Å²) in [5.74, 6) is -0.341. The highest BCUT2D eigenvalue weighted by Crippen LogP contribution is 2.35. The van der Waals surface area contributed by atoms with E-state index in [0.29, 0.717) is 23.0 Å². The average molecular weight is 367 g/mol. The van der Waals surface area contributed by atoms with E-state index in [9.17, 15) is 9.59 Å². The van der Waals surface area contributed by atoms with Crippen molar-refractivity contribution in [2.24, 2.45) is 0 Å². The summed E-state index contributed by atoms with van der Waals surface area (Å²) >= 11 is 6.21. The van der Waals surface area contributed by atoms with Crippen molar-refractivity contribution in [3.63, 3.8) is 0 Å². The Balaban J connectivity index is 2.30. The number of thiocarbonyl (C=S) groups is 1. The summed E-state index contributed by atoms with van der Waals surface area (Å²) in [5.41, 5.74) is 0.735. The van der Waals surface area contributed by atoms with Crippen LogP contribution in [0.3, 0.4) is 0 Å². The zero-order valence-corrected chi connectivity index (χ0v) is 15.1. The van der Waals surface area contributed by atoms with E-state index in [1.807, 2.05) is 6.92 Å². The van der Waals surface area contributed by atoms with E-state index < -0.39 is 17.9 Å². The van der Waals surface area contributed by atoms with Gasteiger partial charge in [-0.05, 0) is 37.6 Å². The molecule has 1 unspecified atom stereocenters. The molecule has 1 N–H and O–H groups in total. The number of carboxylic acids is 1. The third kappa shape index (κ3) is 3.70. The number of hydrogen-bond donors (Lipinski definition) is 1. The molecule has 1 amide bonds. The largest absolute Gasteiger partial charge is 0.493 e. The normalized spacial score (nSPS) is 17.3. The summed E-state index contributed by atoms with van der Waals surface area (Å²) in [7, 11) is 1.54. The molecule has 0 aliphatic carbocycles. The molecule has 0 radical (unpaired) electrons. The van der Waals surface area contributed by atoms with Gasteiger partial charge in [0, 0.05) is 0 Å². The first kappa shape index (κ1) is 18.3. The van der Waals surface area contributed by atoms with Crippen LogP contribution in [0.5, 0.6) is 11.5 Å². The van der Waals surface area contributed by atoms with Crippen LogP contribution in [0.15, 0.2) is 23.1 Å². The number of aliphatic carboxylic acids is 1. The Morgan fingerprint density at radius 3 is 2.75 bits per heavy atom. The van der Waals surface area contributed by atoms with Crippen molar-refractivity contribution in [3.05, 3.63) is 28.7 Å². The van der Waals surface area contributed by atoms with Gasteiger partial charge in [-0.3, -0.25) is 9.69 Å². The molecule has 0 bridgehead atoms. The number of carboxylic acid groups (broad SMARTS) is 1. The van der Waals surface area contributed by atoms with E-state index in [1.54, 1.807) is 24.3 Å². The summed E-state index contributed by atoms with van der Waals surface area (Å²) in [6, 6.07) is 4.30. The average Bonchev–Trinajstić information content (AvgIpc) is 2.82. The smallest absolute Gasteiger partial charge is 0.326 e. The fourth-order valence-corrected chi connectivity index (χ4v) is 3.54. The van der Waals surface area contributed by atoms with Crippen LogP contribution in [0.4, 0.5) is 0 Å². The van der Waals surface area contributed by atoms with Crippen molar-refractivity contribution in [2.45, 2.75) is 19.9 Å². The second-order valence-electron chi connectivity index (χ2n) is 4.91. The van der Waals surface area contributed by atoms with Crippen LogP contribution in [0.25, 0.3) is 6.08 Å². The highest BCUT2D eigenvalue weighted by Gasteiger charge is 2.38. The number of nitrogens with zero attached hydrogens (tertiary/aromatic N) is 1. The molecule has 0 saturated carbocycles. The molecule has 1 aliphatic rings. The highest BCUT2D eigenvalue weighted by atomic mass is 32.2. The minimum Gasteiger partial charge on any atom is -0.493 e. The monoisotopic (exact) mass is 367 g/mol. The molecule has 0 aromatic heterocycles. The zero-order valence-electron chi connectivity index (χ0n) is 13.4. The minimum absolute atomic E-state index is 0.235. The second kappa shape index (κ2) is 7.67. The molecule has 1 aromatic carbocycles. The van der Waals surface area contributed by atoms with Gasteiger partial charge in [0.15, 0.2) is 11.5 Å². The first-order valence-electron chi connectivity index (χ1n) is 7.19. The molecule has 1 aromatic rings. The van der Waals surface area contributed by atoms with E-state index >= 15 is 0 Å². The van der Waals surface area contributed by atoms with Crippen LogP contribution in [0, 0.1) is 0 Å². The molecule has 1 heterocycles. The van der Waals surface area contributed by atoms with E-state index in [-0.39, 0.29) is 4.32 Å². The lowest BCUT2D eigenvalue weighted by molar-refractivity contribution is -0.144. The van der Waals surface area contributed by atoms with Gasteiger partial charge in [0.25, 0.3) is 5.91 Å². The van der Waals surface area contributed by atoms with Crippen LogP contribution < -0.4 is 9.47 Å². The second-order valence-corrected chi connectivity index (χ2v) is 6.58. The Morgan fingerprint density at radius 1 is 1.46 bits per heavy atom. The zero-order chi connectivity index (χ0) is 17.9. The molecule has 6 nitrogen and oxygen atoms in total. The predicted molar refractivity (Wildman–Crippen MR) is 96.3 cm³/mol. The van der Waals surface area contributed by atoms with Gasteiger partial charge in [-0.25, -0.2) is 4.79 Å². The number of amides is 1. The summed E-state index contributed by atoms with van der Waals surface area (Å²) in [5, 5.41) is 9.09. The van der Waals surface area contributed by atoms with Gasteiger partial charge in [0.2, 0.25) is 0 Å². The number of benzene rings is 1. The van der Waals surface area contributed by atoms with E-state index in [2.05, 4.69) is 0 Å². The summed E-state index contributed by atoms with van der Waals surface area (Å²) < 4.78 is 11.0. The number of hydrogen-bond acceptors (Lipinski definition) is 6. The molecule has 1 fully saturated rings. The first-order chi connectivity index (χ1) is 11.4. The Labute approximate surface area is 149 Å². The Bertz CT molecular complexity index is 716. The van der Waals surface area contributed by atoms with Crippen LogP contribution >= 0.6 is 24.0 Å². The van der Waals surface area contributed by atoms with Gasteiger partial charge in [-0.2, -0.15) is 0 Å². The number of carbonyl (C=O) groups excluding carboxylic acids is 1. The van der Waals surface area contributed by atoms with Crippen LogP contribution in [-0.2, 0) is 9.59 Å². The van der Waals surface area contributed by atoms with E-state index in [0.717, 1.165) is 22.2 Å². The number of thioether (sulfide) groups is 1. The number of ether oxygens (including phenoxy) is 2. The van der Waals surface area contributed by atoms with Crippen LogP contribution in [0.2, 0.25) is 0 Å². The SMILES string of the molecule is CCOc1ccc(/C=C2\SC(=S)N(C(C)C(=O)O)C2=O)cc1OC. The van der Waals surface area contributed by atoms with Crippen LogP contribution in [-0.4, -0.2) is 46.0 Å². The number of methoxy groups -OCH3 is 1. The maximum absolute atomic E-state index is 12.4. The van der Waals surface area contributed by atoms with Gasteiger partial charge in [0.1, 0.15) is 10.4 Å². The number of rotatable bonds is 6. The van der Waals surface area contributed by atoms with E-state index in [1.165, 1.54) is 14.0 Å². The number of carbonyl (C=O) groups is 2. The lowest BCUT2D eigenvalue weighted by Gasteiger charge is -2.18. The Kier molecular flexibility index (Phi) is 5.84. The van der Waals surface area contributed by atoms with Gasteiger partial charge in [0.05, 0.1) is 18.6 Å². The standard InChI is InChI=1S/C16H17NO5S2/c1-4-22-11-6-5-10(7-12(11)21-3)8-13-14(18)17(16(23)24-13)9(2)15(19)20/h5-9H,4H2,1-3H3,(H,19,20)/b13-8-. The maximum atomic E-state index is 12.4. The fourth-order valence-electron chi connectivity index (χ4n) is 2.12.